The molecule has 0 spiro atoms. The van der Waals surface area contributed by atoms with Crippen LogP contribution in [0.15, 0.2) is 30.3 Å². The van der Waals surface area contributed by atoms with E-state index in [2.05, 4.69) is 34.9 Å². The van der Waals surface area contributed by atoms with Gasteiger partial charge in [0.2, 0.25) is 5.91 Å². The van der Waals surface area contributed by atoms with Crippen molar-refractivity contribution >= 4 is 18.3 Å². The minimum Gasteiger partial charge on any atom is -0.356 e. The molecule has 3 rings (SSSR count). The zero-order chi connectivity index (χ0) is 15.2. The summed E-state index contributed by atoms with van der Waals surface area (Å²) in [6.45, 7) is 1.83. The molecule has 0 unspecified atom stereocenters. The van der Waals surface area contributed by atoms with Crippen molar-refractivity contribution in [3.63, 3.8) is 0 Å². The van der Waals surface area contributed by atoms with Crippen molar-refractivity contribution in [2.24, 2.45) is 5.92 Å². The number of rotatable bonds is 7. The average molecular weight is 337 g/mol. The van der Waals surface area contributed by atoms with Crippen LogP contribution in [0.3, 0.4) is 0 Å². The number of halogens is 1. The Morgan fingerprint density at radius 3 is 2.52 bits per heavy atom. The molecule has 1 amide bonds. The molecule has 0 bridgehead atoms. The smallest absolute Gasteiger partial charge is 0.223 e. The molecule has 4 heteroatoms. The fraction of sp³-hybridized carbons (Fsp3) is 0.632. The van der Waals surface area contributed by atoms with E-state index in [1.54, 1.807) is 0 Å². The van der Waals surface area contributed by atoms with Gasteiger partial charge in [0.1, 0.15) is 0 Å². The summed E-state index contributed by atoms with van der Waals surface area (Å²) >= 11 is 0. The quantitative estimate of drug-likeness (QED) is 0.746. The van der Waals surface area contributed by atoms with E-state index < -0.39 is 0 Å². The van der Waals surface area contributed by atoms with Gasteiger partial charge < -0.3 is 10.6 Å². The second-order valence-electron chi connectivity index (χ2n) is 6.79. The minimum absolute atomic E-state index is 0. The van der Waals surface area contributed by atoms with Crippen molar-refractivity contribution in [2.75, 3.05) is 13.1 Å². The molecule has 0 aliphatic heterocycles. The Kier molecular flexibility index (Phi) is 7.38. The Balaban J connectivity index is 0.00000192. The molecule has 0 aromatic heterocycles. The highest BCUT2D eigenvalue weighted by Crippen LogP contribution is 2.47. The molecule has 23 heavy (non-hydrogen) atoms. The lowest BCUT2D eigenvalue weighted by atomic mass is 9.95. The first-order chi connectivity index (χ1) is 10.8. The van der Waals surface area contributed by atoms with Gasteiger partial charge in [0, 0.05) is 18.5 Å². The van der Waals surface area contributed by atoms with Crippen LogP contribution >= 0.6 is 12.4 Å². The van der Waals surface area contributed by atoms with Crippen LogP contribution in [0.4, 0.5) is 0 Å². The summed E-state index contributed by atoms with van der Waals surface area (Å²) in [6, 6.07) is 11.1. The lowest BCUT2D eigenvalue weighted by Crippen LogP contribution is -2.34. The molecule has 0 saturated heterocycles. The first-order valence-corrected chi connectivity index (χ1v) is 8.90. The third-order valence-electron chi connectivity index (χ3n) is 5.05. The van der Waals surface area contributed by atoms with Crippen molar-refractivity contribution in [3.05, 3.63) is 35.9 Å². The molecule has 2 saturated carbocycles. The summed E-state index contributed by atoms with van der Waals surface area (Å²) in [7, 11) is 0. The van der Waals surface area contributed by atoms with Crippen LogP contribution in [-0.4, -0.2) is 25.0 Å². The summed E-state index contributed by atoms with van der Waals surface area (Å²) < 4.78 is 0. The zero-order valence-corrected chi connectivity index (χ0v) is 14.6. The van der Waals surface area contributed by atoms with Crippen LogP contribution in [0.2, 0.25) is 0 Å². The number of hydrogen-bond donors (Lipinski definition) is 2. The SMILES string of the molecule is Cl.O=C(NCCCNC1CCCCC1)[C@@H]1C[C@H]1c1ccccc1. The van der Waals surface area contributed by atoms with Gasteiger partial charge >= 0.3 is 0 Å². The molecule has 1 aromatic carbocycles. The average Bonchev–Trinajstić information content (AvgIpc) is 3.37. The van der Waals surface area contributed by atoms with Crippen LogP contribution in [0.1, 0.15) is 56.4 Å². The van der Waals surface area contributed by atoms with Crippen LogP contribution in [0, 0.1) is 5.92 Å². The molecule has 0 radical (unpaired) electrons. The summed E-state index contributed by atoms with van der Waals surface area (Å²) in [6.07, 6.45) is 8.84. The molecule has 128 valence electrons. The first kappa shape index (κ1) is 18.3. The van der Waals surface area contributed by atoms with E-state index >= 15 is 0 Å². The Labute approximate surface area is 146 Å². The van der Waals surface area contributed by atoms with Gasteiger partial charge in [0.15, 0.2) is 0 Å². The van der Waals surface area contributed by atoms with Crippen molar-refractivity contribution in [2.45, 2.75) is 56.9 Å². The van der Waals surface area contributed by atoms with Gasteiger partial charge in [-0.2, -0.15) is 0 Å². The van der Waals surface area contributed by atoms with Crippen LogP contribution in [0.25, 0.3) is 0 Å². The lowest BCUT2D eigenvalue weighted by Gasteiger charge is -2.22. The highest BCUT2D eigenvalue weighted by atomic mass is 35.5. The first-order valence-electron chi connectivity index (χ1n) is 8.90. The maximum atomic E-state index is 12.1. The zero-order valence-electron chi connectivity index (χ0n) is 13.8. The number of carbonyl (C=O) groups excluding carboxylic acids is 1. The van der Waals surface area contributed by atoms with Gasteiger partial charge in [-0.1, -0.05) is 49.6 Å². The fourth-order valence-corrected chi connectivity index (χ4v) is 3.60. The highest BCUT2D eigenvalue weighted by molar-refractivity contribution is 5.85. The lowest BCUT2D eigenvalue weighted by molar-refractivity contribution is -0.122. The van der Waals surface area contributed by atoms with E-state index in [1.165, 1.54) is 37.7 Å². The maximum absolute atomic E-state index is 12.1. The predicted octanol–water partition coefficient (Wildman–Crippen LogP) is 3.64. The maximum Gasteiger partial charge on any atom is 0.223 e. The number of nitrogens with one attached hydrogen (secondary N) is 2. The minimum atomic E-state index is 0. The van der Waals surface area contributed by atoms with E-state index in [4.69, 9.17) is 0 Å². The third-order valence-corrected chi connectivity index (χ3v) is 5.05. The molecule has 3 nitrogen and oxygen atoms in total. The van der Waals surface area contributed by atoms with Gasteiger partial charge in [0.25, 0.3) is 0 Å². The van der Waals surface area contributed by atoms with Gasteiger partial charge in [0.05, 0.1) is 0 Å². The van der Waals surface area contributed by atoms with E-state index in [-0.39, 0.29) is 24.2 Å². The van der Waals surface area contributed by atoms with Gasteiger partial charge in [-0.15, -0.1) is 12.4 Å². The summed E-state index contributed by atoms with van der Waals surface area (Å²) in [5.74, 6) is 0.891. The molecular formula is C19H29ClN2O. The summed E-state index contributed by atoms with van der Waals surface area (Å²) in [4.78, 5) is 12.1. The molecule has 2 N–H and O–H groups in total. The number of hydrogen-bond acceptors (Lipinski definition) is 2. The summed E-state index contributed by atoms with van der Waals surface area (Å²) in [5.41, 5.74) is 1.31. The standard InChI is InChI=1S/C19H28N2O.ClH/c22-19(18-14-17(18)15-8-3-1-4-9-15)21-13-7-12-20-16-10-5-2-6-11-16;/h1,3-4,8-9,16-18,20H,2,5-7,10-14H2,(H,21,22);1H/t17-,18+;/m0./s1. The van der Waals surface area contributed by atoms with Crippen LogP contribution in [-0.2, 0) is 4.79 Å². The summed E-state index contributed by atoms with van der Waals surface area (Å²) in [5, 5.41) is 6.73. The highest BCUT2D eigenvalue weighted by Gasteiger charge is 2.43. The fourth-order valence-electron chi connectivity index (χ4n) is 3.60. The number of carbonyl (C=O) groups is 1. The predicted molar refractivity (Wildman–Crippen MR) is 97.0 cm³/mol. The van der Waals surface area contributed by atoms with E-state index in [1.807, 2.05) is 6.07 Å². The number of amides is 1. The molecular weight excluding hydrogens is 308 g/mol. The second-order valence-corrected chi connectivity index (χ2v) is 6.79. The normalized spacial score (nSPS) is 23.8. The van der Waals surface area contributed by atoms with E-state index in [9.17, 15) is 4.79 Å². The van der Waals surface area contributed by atoms with Gasteiger partial charge in [-0.05, 0) is 43.7 Å². The Morgan fingerprint density at radius 1 is 1.04 bits per heavy atom. The largest absolute Gasteiger partial charge is 0.356 e. The van der Waals surface area contributed by atoms with Crippen molar-refractivity contribution < 1.29 is 4.79 Å². The van der Waals surface area contributed by atoms with E-state index in [0.29, 0.717) is 5.92 Å². The van der Waals surface area contributed by atoms with Crippen LogP contribution in [0.5, 0.6) is 0 Å². The van der Waals surface area contributed by atoms with Crippen molar-refractivity contribution in [3.8, 4) is 0 Å². The van der Waals surface area contributed by atoms with Gasteiger partial charge in [-0.3, -0.25) is 4.79 Å². The van der Waals surface area contributed by atoms with E-state index in [0.717, 1.165) is 32.0 Å². The molecule has 2 fully saturated rings. The Morgan fingerprint density at radius 2 is 1.78 bits per heavy atom. The van der Waals surface area contributed by atoms with Gasteiger partial charge in [-0.25, -0.2) is 0 Å². The van der Waals surface area contributed by atoms with Crippen molar-refractivity contribution in [1.82, 2.24) is 10.6 Å². The molecule has 2 atom stereocenters. The Bertz CT molecular complexity index is 474. The molecule has 2 aliphatic carbocycles. The molecule has 0 heterocycles. The number of benzene rings is 1. The molecule has 1 aromatic rings. The topological polar surface area (TPSA) is 41.1 Å². The molecule has 2 aliphatic rings. The van der Waals surface area contributed by atoms with Crippen molar-refractivity contribution in [1.29, 1.82) is 0 Å². The third kappa shape index (κ3) is 5.50. The second kappa shape index (κ2) is 9.29. The Hall–Kier alpha value is -1.06. The monoisotopic (exact) mass is 336 g/mol. The van der Waals surface area contributed by atoms with Crippen LogP contribution < -0.4 is 10.6 Å².